The third kappa shape index (κ3) is 3.54. The number of nitrogens with zero attached hydrogens (tertiary/aromatic N) is 3. The maximum Gasteiger partial charge on any atom is 0.322 e. The lowest BCUT2D eigenvalue weighted by molar-refractivity contribution is -0.389. The predicted octanol–water partition coefficient (Wildman–Crippen LogP) is 1.60. The zero-order valence-electron chi connectivity index (χ0n) is 10.5. The average molecular weight is 272 g/mol. The van der Waals surface area contributed by atoms with Gasteiger partial charge in [0, 0.05) is 11.8 Å². The van der Waals surface area contributed by atoms with Gasteiger partial charge < -0.3 is 10.4 Å². The van der Waals surface area contributed by atoms with Gasteiger partial charge in [-0.1, -0.05) is 18.7 Å². The van der Waals surface area contributed by atoms with Crippen molar-refractivity contribution in [1.29, 1.82) is 0 Å². The summed E-state index contributed by atoms with van der Waals surface area (Å²) in [7, 11) is 0. The predicted molar refractivity (Wildman–Crippen MR) is 70.0 cm³/mol. The molecular formula is C10H16N4O3S. The summed E-state index contributed by atoms with van der Waals surface area (Å²) in [6.45, 7) is 5.81. The van der Waals surface area contributed by atoms with Crippen LogP contribution in [0.3, 0.4) is 0 Å². The van der Waals surface area contributed by atoms with E-state index < -0.39 is 4.92 Å². The van der Waals surface area contributed by atoms with Crippen LogP contribution in [0.1, 0.15) is 19.5 Å². The summed E-state index contributed by atoms with van der Waals surface area (Å²) in [5, 5.41) is 23.1. The molecule has 18 heavy (non-hydrogen) atoms. The van der Waals surface area contributed by atoms with Crippen LogP contribution in [-0.2, 0) is 0 Å². The van der Waals surface area contributed by atoms with Crippen molar-refractivity contribution in [2.45, 2.75) is 31.0 Å². The van der Waals surface area contributed by atoms with Crippen molar-refractivity contribution < 1.29 is 10.0 Å². The van der Waals surface area contributed by atoms with Crippen LogP contribution in [0.4, 0.5) is 11.6 Å². The number of aliphatic hydroxyl groups excluding tert-OH is 1. The van der Waals surface area contributed by atoms with E-state index in [1.54, 1.807) is 13.8 Å². The third-order valence-corrected chi connectivity index (χ3v) is 3.17. The van der Waals surface area contributed by atoms with Gasteiger partial charge in [-0.25, -0.2) is 4.98 Å². The molecule has 8 heteroatoms. The highest BCUT2D eigenvalue weighted by atomic mass is 32.2. The molecule has 1 aromatic heterocycles. The summed E-state index contributed by atoms with van der Waals surface area (Å²) in [5.41, 5.74) is 0.223. The van der Waals surface area contributed by atoms with Gasteiger partial charge in [0.25, 0.3) is 0 Å². The van der Waals surface area contributed by atoms with Crippen molar-refractivity contribution in [1.82, 2.24) is 9.97 Å². The molecule has 1 atom stereocenters. The van der Waals surface area contributed by atoms with Gasteiger partial charge in [0.15, 0.2) is 5.03 Å². The van der Waals surface area contributed by atoms with Crippen LogP contribution >= 0.6 is 11.8 Å². The summed E-state index contributed by atoms with van der Waals surface area (Å²) in [6.07, 6.45) is 0. The highest BCUT2D eigenvalue weighted by Crippen LogP contribution is 2.32. The van der Waals surface area contributed by atoms with Crippen molar-refractivity contribution >= 4 is 23.4 Å². The van der Waals surface area contributed by atoms with Gasteiger partial charge in [0.1, 0.15) is 5.69 Å². The Balaban J connectivity index is 3.19. The maximum atomic E-state index is 11.0. The molecule has 7 nitrogen and oxygen atoms in total. The monoisotopic (exact) mass is 272 g/mol. The van der Waals surface area contributed by atoms with Crippen molar-refractivity contribution in [3.63, 3.8) is 0 Å². The second-order valence-corrected chi connectivity index (χ2v) is 5.11. The number of rotatable bonds is 6. The summed E-state index contributed by atoms with van der Waals surface area (Å²) in [6, 6.07) is 0. The van der Waals surface area contributed by atoms with E-state index in [2.05, 4.69) is 15.3 Å². The van der Waals surface area contributed by atoms with E-state index in [-0.39, 0.29) is 22.6 Å². The first-order valence-corrected chi connectivity index (χ1v) is 6.42. The molecule has 0 radical (unpaired) electrons. The summed E-state index contributed by atoms with van der Waals surface area (Å²) >= 11 is 1.17. The first-order chi connectivity index (χ1) is 8.49. The standard InChI is InChI=1S/C10H16N4O3S/c1-4-11-10-12-7(3)8(14(16)17)9(13-10)18-6(2)5-15/h6,15H,4-5H2,1-3H3,(H,11,12,13). The maximum absolute atomic E-state index is 11.0. The first kappa shape index (κ1) is 14.7. The quantitative estimate of drug-likeness (QED) is 0.351. The minimum absolute atomic E-state index is 0.0680. The number of aryl methyl sites for hydroxylation is 1. The molecule has 0 aliphatic heterocycles. The van der Waals surface area contributed by atoms with Crippen LogP contribution in [-0.4, -0.2) is 38.4 Å². The molecule has 1 heterocycles. The number of nitro groups is 1. The van der Waals surface area contributed by atoms with Crippen LogP contribution in [0.2, 0.25) is 0 Å². The van der Waals surface area contributed by atoms with Crippen LogP contribution in [0, 0.1) is 17.0 Å². The van der Waals surface area contributed by atoms with E-state index >= 15 is 0 Å². The normalized spacial score (nSPS) is 12.2. The lowest BCUT2D eigenvalue weighted by Gasteiger charge is -2.10. The van der Waals surface area contributed by atoms with Crippen molar-refractivity contribution in [2.24, 2.45) is 0 Å². The van der Waals surface area contributed by atoms with Gasteiger partial charge in [-0.05, 0) is 13.8 Å². The molecule has 0 spiro atoms. The first-order valence-electron chi connectivity index (χ1n) is 5.54. The molecule has 0 aromatic carbocycles. The fraction of sp³-hybridized carbons (Fsp3) is 0.600. The minimum atomic E-state index is -0.489. The summed E-state index contributed by atoms with van der Waals surface area (Å²) < 4.78 is 0. The van der Waals surface area contributed by atoms with Crippen molar-refractivity contribution in [2.75, 3.05) is 18.5 Å². The molecule has 0 aliphatic carbocycles. The van der Waals surface area contributed by atoms with Crippen LogP contribution < -0.4 is 5.32 Å². The van der Waals surface area contributed by atoms with Crippen molar-refractivity contribution in [3.05, 3.63) is 15.8 Å². The van der Waals surface area contributed by atoms with E-state index in [4.69, 9.17) is 5.11 Å². The van der Waals surface area contributed by atoms with E-state index in [1.165, 1.54) is 11.8 Å². The Labute approximate surface area is 109 Å². The largest absolute Gasteiger partial charge is 0.395 e. The number of nitrogens with one attached hydrogen (secondary N) is 1. The van der Waals surface area contributed by atoms with Gasteiger partial charge in [-0.2, -0.15) is 4.98 Å². The topological polar surface area (TPSA) is 101 Å². The zero-order chi connectivity index (χ0) is 13.7. The highest BCUT2D eigenvalue weighted by Gasteiger charge is 2.23. The lowest BCUT2D eigenvalue weighted by Crippen LogP contribution is -2.09. The summed E-state index contributed by atoms with van der Waals surface area (Å²) in [5.74, 6) is 0.369. The second-order valence-electron chi connectivity index (χ2n) is 3.68. The average Bonchev–Trinajstić information content (AvgIpc) is 2.28. The molecule has 1 unspecified atom stereocenters. The second kappa shape index (κ2) is 6.50. The molecular weight excluding hydrogens is 256 g/mol. The number of thioether (sulfide) groups is 1. The Morgan fingerprint density at radius 1 is 1.56 bits per heavy atom. The highest BCUT2D eigenvalue weighted by molar-refractivity contribution is 8.00. The number of hydrogen-bond acceptors (Lipinski definition) is 7. The van der Waals surface area contributed by atoms with Crippen LogP contribution in [0.5, 0.6) is 0 Å². The number of anilines is 1. The Bertz CT molecular complexity index is 441. The van der Waals surface area contributed by atoms with Gasteiger partial charge in [0.2, 0.25) is 5.95 Å². The molecule has 0 fully saturated rings. The van der Waals surface area contributed by atoms with Gasteiger partial charge >= 0.3 is 5.69 Å². The Kier molecular flexibility index (Phi) is 5.29. The lowest BCUT2D eigenvalue weighted by atomic mass is 10.4. The Morgan fingerprint density at radius 3 is 2.72 bits per heavy atom. The van der Waals surface area contributed by atoms with E-state index in [9.17, 15) is 10.1 Å². The molecule has 0 amide bonds. The van der Waals surface area contributed by atoms with Crippen LogP contribution in [0.15, 0.2) is 5.03 Å². The Hall–Kier alpha value is -1.41. The molecule has 1 aromatic rings. The molecule has 0 saturated carbocycles. The smallest absolute Gasteiger partial charge is 0.322 e. The van der Waals surface area contributed by atoms with E-state index in [0.29, 0.717) is 18.2 Å². The number of hydrogen-bond donors (Lipinski definition) is 2. The molecule has 1 rings (SSSR count). The SMILES string of the molecule is CCNc1nc(C)c([N+](=O)[O-])c(SC(C)CO)n1. The van der Waals surface area contributed by atoms with Gasteiger partial charge in [0.05, 0.1) is 11.5 Å². The summed E-state index contributed by atoms with van der Waals surface area (Å²) in [4.78, 5) is 18.7. The molecule has 0 aliphatic rings. The third-order valence-electron chi connectivity index (χ3n) is 2.11. The van der Waals surface area contributed by atoms with Gasteiger partial charge in [-0.15, -0.1) is 0 Å². The fourth-order valence-electron chi connectivity index (χ4n) is 1.30. The molecule has 100 valence electrons. The van der Waals surface area contributed by atoms with Crippen molar-refractivity contribution in [3.8, 4) is 0 Å². The zero-order valence-corrected chi connectivity index (χ0v) is 11.3. The number of aromatic nitrogens is 2. The Morgan fingerprint density at radius 2 is 2.22 bits per heavy atom. The van der Waals surface area contributed by atoms with Crippen LogP contribution in [0.25, 0.3) is 0 Å². The van der Waals surface area contributed by atoms with Gasteiger partial charge in [-0.3, -0.25) is 10.1 Å². The molecule has 0 saturated heterocycles. The fourth-order valence-corrected chi connectivity index (χ4v) is 2.23. The molecule has 2 N–H and O–H groups in total. The van der Waals surface area contributed by atoms with E-state index in [0.717, 1.165) is 0 Å². The number of aliphatic hydroxyl groups is 1. The molecule has 0 bridgehead atoms. The minimum Gasteiger partial charge on any atom is -0.395 e. The van der Waals surface area contributed by atoms with E-state index in [1.807, 2.05) is 6.92 Å².